The smallest absolute Gasteiger partial charge is 0.461 e. The number of phenolic OH excluding ortho intramolecular Hbond substituents is 1. The summed E-state index contributed by atoms with van der Waals surface area (Å²) in [6.45, 7) is 0. The molecule has 2 aromatic rings. The number of benzene rings is 2. The SMILES string of the molecule is COc1cc(C(=O)/C=C/c2cccc(OC(F)(F)C(F)F)c2)ccc1O. The van der Waals surface area contributed by atoms with Crippen molar-refractivity contribution >= 4 is 11.9 Å². The van der Waals surface area contributed by atoms with Crippen LogP contribution in [0.2, 0.25) is 0 Å². The first-order valence-electron chi connectivity index (χ1n) is 7.27. The maximum Gasteiger partial charge on any atom is 0.461 e. The molecule has 2 aromatic carbocycles. The van der Waals surface area contributed by atoms with E-state index in [-0.39, 0.29) is 17.1 Å². The third-order valence-electron chi connectivity index (χ3n) is 3.26. The zero-order valence-corrected chi connectivity index (χ0v) is 13.5. The van der Waals surface area contributed by atoms with Crippen LogP contribution in [0, 0.1) is 0 Å². The molecule has 0 bridgehead atoms. The molecule has 4 nitrogen and oxygen atoms in total. The van der Waals surface area contributed by atoms with Crippen molar-refractivity contribution in [2.75, 3.05) is 7.11 Å². The van der Waals surface area contributed by atoms with Crippen LogP contribution in [-0.2, 0) is 0 Å². The Morgan fingerprint density at radius 2 is 1.92 bits per heavy atom. The molecule has 0 amide bonds. The Morgan fingerprint density at radius 3 is 2.58 bits per heavy atom. The van der Waals surface area contributed by atoms with Crippen LogP contribution in [-0.4, -0.2) is 30.5 Å². The van der Waals surface area contributed by atoms with E-state index in [9.17, 15) is 27.5 Å². The predicted molar refractivity (Wildman–Crippen MR) is 86.0 cm³/mol. The van der Waals surface area contributed by atoms with Crippen molar-refractivity contribution in [3.05, 3.63) is 59.7 Å². The van der Waals surface area contributed by atoms with Crippen molar-refractivity contribution in [3.8, 4) is 17.2 Å². The third kappa shape index (κ3) is 4.75. The average molecular weight is 370 g/mol. The first-order chi connectivity index (χ1) is 12.2. The average Bonchev–Trinajstić information content (AvgIpc) is 2.60. The normalized spacial score (nSPS) is 11.8. The molecule has 1 N–H and O–H groups in total. The highest BCUT2D eigenvalue weighted by Crippen LogP contribution is 2.28. The molecule has 0 saturated carbocycles. The van der Waals surface area contributed by atoms with Gasteiger partial charge < -0.3 is 14.6 Å². The number of halogens is 4. The standard InChI is InChI=1S/C18H14F4O4/c1-25-16-10-12(6-8-15(16)24)14(23)7-5-11-3-2-4-13(9-11)26-18(21,22)17(19)20/h2-10,17,24H,1H3/b7-5+. The van der Waals surface area contributed by atoms with Gasteiger partial charge in [-0.15, -0.1) is 0 Å². The minimum atomic E-state index is -4.61. The molecule has 0 fully saturated rings. The number of methoxy groups -OCH3 is 1. The molecule has 26 heavy (non-hydrogen) atoms. The predicted octanol–water partition coefficient (Wildman–Crippen LogP) is 4.53. The molecule has 0 aliphatic rings. The molecular weight excluding hydrogens is 356 g/mol. The number of carbonyl (C=O) groups excluding carboxylic acids is 1. The minimum Gasteiger partial charge on any atom is -0.504 e. The van der Waals surface area contributed by atoms with Gasteiger partial charge in [-0.05, 0) is 42.0 Å². The number of carbonyl (C=O) groups is 1. The number of alkyl halides is 4. The van der Waals surface area contributed by atoms with Gasteiger partial charge in [-0.3, -0.25) is 4.79 Å². The Morgan fingerprint density at radius 1 is 1.19 bits per heavy atom. The molecule has 0 aromatic heterocycles. The number of hydrogen-bond donors (Lipinski definition) is 1. The van der Waals surface area contributed by atoms with E-state index in [2.05, 4.69) is 4.74 Å². The fourth-order valence-electron chi connectivity index (χ4n) is 1.98. The van der Waals surface area contributed by atoms with Crippen molar-refractivity contribution in [2.45, 2.75) is 12.5 Å². The monoisotopic (exact) mass is 370 g/mol. The van der Waals surface area contributed by atoms with Gasteiger partial charge in [0.05, 0.1) is 7.11 Å². The number of rotatable bonds is 7. The first kappa shape index (κ1) is 19.3. The van der Waals surface area contributed by atoms with Crippen LogP contribution in [0.4, 0.5) is 17.6 Å². The molecule has 0 heterocycles. The van der Waals surface area contributed by atoms with E-state index in [1.807, 2.05) is 0 Å². The van der Waals surface area contributed by atoms with Crippen LogP contribution >= 0.6 is 0 Å². The van der Waals surface area contributed by atoms with E-state index in [1.54, 1.807) is 0 Å². The van der Waals surface area contributed by atoms with Gasteiger partial charge in [0, 0.05) is 5.56 Å². The lowest BCUT2D eigenvalue weighted by Gasteiger charge is -2.16. The highest BCUT2D eigenvalue weighted by Gasteiger charge is 2.43. The summed E-state index contributed by atoms with van der Waals surface area (Å²) in [6, 6.07) is 9.01. The molecule has 0 radical (unpaired) electrons. The summed E-state index contributed by atoms with van der Waals surface area (Å²) in [5.74, 6) is -0.907. The van der Waals surface area contributed by atoms with Gasteiger partial charge in [0.15, 0.2) is 17.3 Å². The molecule has 2 rings (SSSR count). The number of aromatic hydroxyl groups is 1. The van der Waals surface area contributed by atoms with Crippen LogP contribution in [0.5, 0.6) is 17.2 Å². The highest BCUT2D eigenvalue weighted by atomic mass is 19.3. The molecule has 138 valence electrons. The molecule has 0 saturated heterocycles. The fraction of sp³-hybridized carbons (Fsp3) is 0.167. The second-order valence-electron chi connectivity index (χ2n) is 5.12. The number of ketones is 1. The summed E-state index contributed by atoms with van der Waals surface area (Å²) < 4.78 is 59.1. The second kappa shape index (κ2) is 7.90. The molecule has 0 atom stereocenters. The van der Waals surface area contributed by atoms with Gasteiger partial charge in [-0.1, -0.05) is 18.2 Å². The van der Waals surface area contributed by atoms with Crippen LogP contribution in [0.1, 0.15) is 15.9 Å². The Labute approximate surface area is 146 Å². The largest absolute Gasteiger partial charge is 0.504 e. The van der Waals surface area contributed by atoms with E-state index in [0.29, 0.717) is 5.56 Å². The lowest BCUT2D eigenvalue weighted by atomic mass is 10.1. The molecule has 8 heteroatoms. The van der Waals surface area contributed by atoms with Crippen LogP contribution in [0.3, 0.4) is 0 Å². The maximum absolute atomic E-state index is 12.9. The molecule has 0 aliphatic heterocycles. The van der Waals surface area contributed by atoms with Gasteiger partial charge in [0.2, 0.25) is 0 Å². The number of ether oxygens (including phenoxy) is 2. The van der Waals surface area contributed by atoms with Gasteiger partial charge in [-0.2, -0.15) is 17.6 Å². The molecular formula is C18H14F4O4. The highest BCUT2D eigenvalue weighted by molar-refractivity contribution is 6.07. The van der Waals surface area contributed by atoms with Gasteiger partial charge in [0.25, 0.3) is 0 Å². The van der Waals surface area contributed by atoms with Crippen LogP contribution in [0.25, 0.3) is 6.08 Å². The Bertz CT molecular complexity index is 819. The summed E-state index contributed by atoms with van der Waals surface area (Å²) in [5, 5.41) is 9.50. The lowest BCUT2D eigenvalue weighted by Crippen LogP contribution is -2.33. The summed E-state index contributed by atoms with van der Waals surface area (Å²) in [5.41, 5.74) is 0.527. The Balaban J connectivity index is 2.15. The molecule has 0 unspecified atom stereocenters. The zero-order valence-electron chi connectivity index (χ0n) is 13.5. The van der Waals surface area contributed by atoms with Crippen LogP contribution in [0.15, 0.2) is 48.5 Å². The van der Waals surface area contributed by atoms with Crippen molar-refractivity contribution in [3.63, 3.8) is 0 Å². The summed E-state index contributed by atoms with van der Waals surface area (Å²) in [4.78, 5) is 12.1. The summed E-state index contributed by atoms with van der Waals surface area (Å²) >= 11 is 0. The molecule has 0 spiro atoms. The van der Waals surface area contributed by atoms with Gasteiger partial charge in [0.1, 0.15) is 5.75 Å². The second-order valence-corrected chi connectivity index (χ2v) is 5.12. The summed E-state index contributed by atoms with van der Waals surface area (Å²) in [6.07, 6.45) is -6.10. The van der Waals surface area contributed by atoms with Crippen molar-refractivity contribution in [1.82, 2.24) is 0 Å². The topological polar surface area (TPSA) is 55.8 Å². The number of allylic oxidation sites excluding steroid dienone is 1. The van der Waals surface area contributed by atoms with E-state index in [4.69, 9.17) is 4.74 Å². The molecule has 0 aliphatic carbocycles. The van der Waals surface area contributed by atoms with E-state index >= 15 is 0 Å². The van der Waals surface area contributed by atoms with Crippen molar-refractivity contribution in [2.24, 2.45) is 0 Å². The quantitative estimate of drug-likeness (QED) is 0.442. The van der Waals surface area contributed by atoms with E-state index in [1.165, 1.54) is 43.5 Å². The minimum absolute atomic E-state index is 0.119. The van der Waals surface area contributed by atoms with E-state index in [0.717, 1.165) is 18.2 Å². The summed E-state index contributed by atoms with van der Waals surface area (Å²) in [7, 11) is 1.33. The van der Waals surface area contributed by atoms with Gasteiger partial charge >= 0.3 is 12.5 Å². The Hall–Kier alpha value is -3.03. The van der Waals surface area contributed by atoms with Crippen molar-refractivity contribution in [1.29, 1.82) is 0 Å². The van der Waals surface area contributed by atoms with Gasteiger partial charge in [-0.25, -0.2) is 0 Å². The zero-order chi connectivity index (χ0) is 19.3. The van der Waals surface area contributed by atoms with Crippen molar-refractivity contribution < 1.29 is 36.9 Å². The number of phenols is 1. The van der Waals surface area contributed by atoms with E-state index < -0.39 is 24.1 Å². The van der Waals surface area contributed by atoms with Crippen LogP contribution < -0.4 is 9.47 Å². The lowest BCUT2D eigenvalue weighted by molar-refractivity contribution is -0.253. The first-order valence-corrected chi connectivity index (χ1v) is 7.27. The fourth-order valence-corrected chi connectivity index (χ4v) is 1.98. The third-order valence-corrected chi connectivity index (χ3v) is 3.26. The number of hydrogen-bond acceptors (Lipinski definition) is 4. The maximum atomic E-state index is 12.9. The Kier molecular flexibility index (Phi) is 5.86.